The van der Waals surface area contributed by atoms with Crippen LogP contribution in [0.3, 0.4) is 0 Å². The van der Waals surface area contributed by atoms with Gasteiger partial charge in [0.2, 0.25) is 0 Å². The maximum atomic E-state index is 3.30. The Kier molecular flexibility index (Phi) is 3.15. The molecule has 0 aliphatic heterocycles. The molecule has 0 saturated heterocycles. The van der Waals surface area contributed by atoms with E-state index in [-0.39, 0.29) is 5.54 Å². The molecule has 0 radical (unpaired) electrons. The van der Waals surface area contributed by atoms with Crippen LogP contribution in [0, 0.1) is 0 Å². The van der Waals surface area contributed by atoms with Crippen molar-refractivity contribution in [2.24, 2.45) is 0 Å². The van der Waals surface area contributed by atoms with E-state index in [4.69, 9.17) is 0 Å². The van der Waals surface area contributed by atoms with E-state index in [0.29, 0.717) is 0 Å². The van der Waals surface area contributed by atoms with Crippen molar-refractivity contribution >= 4 is 0 Å². The third-order valence-corrected chi connectivity index (χ3v) is 1.00. The summed E-state index contributed by atoms with van der Waals surface area (Å²) in [6.07, 6.45) is 0. The summed E-state index contributed by atoms with van der Waals surface area (Å²) in [6, 6.07) is 0. The molecule has 1 N–H and O–H groups in total. The fourth-order valence-electron chi connectivity index (χ4n) is 0.652. The second-order valence-electron chi connectivity index (χ2n) is 3.38. The van der Waals surface area contributed by atoms with Gasteiger partial charge in [-0.05, 0) is 20.8 Å². The summed E-state index contributed by atoms with van der Waals surface area (Å²) >= 11 is 0. The summed E-state index contributed by atoms with van der Waals surface area (Å²) in [4.78, 5) is 0. The van der Waals surface area contributed by atoms with Gasteiger partial charge in [0.05, 0.1) is 0 Å². The molecule has 0 heterocycles. The minimum Gasteiger partial charge on any atom is -0.250 e. The molecule has 0 rings (SSSR count). The topological polar surface area (TPSA) is 15.3 Å². The molecule has 0 amide bonds. The fourth-order valence-corrected chi connectivity index (χ4v) is 0.652. The van der Waals surface area contributed by atoms with E-state index in [2.05, 4.69) is 38.1 Å². The van der Waals surface area contributed by atoms with Crippen LogP contribution in [-0.2, 0) is 0 Å². The Labute approximate surface area is 58.2 Å². The molecule has 0 fully saturated rings. The van der Waals surface area contributed by atoms with Gasteiger partial charge in [0.25, 0.3) is 0 Å². The predicted octanol–water partition coefficient (Wildman–Crippen LogP) is 1.24. The Morgan fingerprint density at radius 3 is 1.89 bits per heavy atom. The summed E-state index contributed by atoms with van der Waals surface area (Å²) in [7, 11) is 2.05. The number of hydrazine groups is 1. The molecule has 0 aromatic rings. The highest BCUT2D eigenvalue weighted by Crippen LogP contribution is 1.98. The van der Waals surface area contributed by atoms with Crippen LogP contribution in [0.5, 0.6) is 0 Å². The molecule has 0 spiro atoms. The zero-order valence-electron chi connectivity index (χ0n) is 7.15. The number of hydrogen-bond acceptors (Lipinski definition) is 2. The molecule has 0 aromatic heterocycles. The Morgan fingerprint density at radius 1 is 1.33 bits per heavy atom. The Bertz CT molecular complexity index is 73.5. The molecule has 56 valence electrons. The molecular formula is C7H18N2. The maximum Gasteiger partial charge on any atom is 0.0241 e. The number of nitrogens with one attached hydrogen (secondary N) is 1. The van der Waals surface area contributed by atoms with Gasteiger partial charge in [0, 0.05) is 19.1 Å². The van der Waals surface area contributed by atoms with Crippen LogP contribution in [0.4, 0.5) is 0 Å². The quantitative estimate of drug-likeness (QED) is 0.566. The van der Waals surface area contributed by atoms with Gasteiger partial charge in [-0.3, -0.25) is 5.43 Å². The fraction of sp³-hybridized carbons (Fsp3) is 1.00. The Morgan fingerprint density at radius 2 is 1.78 bits per heavy atom. The van der Waals surface area contributed by atoms with E-state index in [1.165, 1.54) is 0 Å². The van der Waals surface area contributed by atoms with Crippen LogP contribution in [0.1, 0.15) is 27.7 Å². The van der Waals surface area contributed by atoms with Crippen molar-refractivity contribution in [2.75, 3.05) is 13.6 Å². The van der Waals surface area contributed by atoms with Crippen molar-refractivity contribution in [1.82, 2.24) is 10.4 Å². The minimum atomic E-state index is 0.199. The van der Waals surface area contributed by atoms with Crippen molar-refractivity contribution < 1.29 is 0 Å². The van der Waals surface area contributed by atoms with Crippen LogP contribution >= 0.6 is 0 Å². The van der Waals surface area contributed by atoms with Gasteiger partial charge in [-0.1, -0.05) is 6.92 Å². The van der Waals surface area contributed by atoms with Crippen LogP contribution in [0.15, 0.2) is 0 Å². The molecule has 2 heteroatoms. The lowest BCUT2D eigenvalue weighted by atomic mass is 10.1. The third kappa shape index (κ3) is 5.80. The SMILES string of the molecule is CCN(C)NC(C)(C)C. The smallest absolute Gasteiger partial charge is 0.0241 e. The molecule has 2 nitrogen and oxygen atoms in total. The Hall–Kier alpha value is -0.0800. The van der Waals surface area contributed by atoms with Gasteiger partial charge < -0.3 is 0 Å². The molecule has 0 atom stereocenters. The third-order valence-electron chi connectivity index (χ3n) is 1.00. The average molecular weight is 130 g/mol. The predicted molar refractivity (Wildman–Crippen MR) is 41.2 cm³/mol. The molecule has 0 aliphatic carbocycles. The van der Waals surface area contributed by atoms with E-state index in [9.17, 15) is 0 Å². The van der Waals surface area contributed by atoms with E-state index >= 15 is 0 Å². The highest BCUT2D eigenvalue weighted by Gasteiger charge is 2.09. The molecule has 0 unspecified atom stereocenters. The average Bonchev–Trinajstić information content (AvgIpc) is 1.62. The lowest BCUT2D eigenvalue weighted by molar-refractivity contribution is 0.170. The van der Waals surface area contributed by atoms with E-state index in [0.717, 1.165) is 6.54 Å². The molecule has 0 saturated carbocycles. The summed E-state index contributed by atoms with van der Waals surface area (Å²) in [5.74, 6) is 0. The molecule has 0 bridgehead atoms. The van der Waals surface area contributed by atoms with Gasteiger partial charge in [-0.2, -0.15) is 0 Å². The second kappa shape index (κ2) is 3.18. The van der Waals surface area contributed by atoms with Gasteiger partial charge in [-0.15, -0.1) is 0 Å². The molecular weight excluding hydrogens is 112 g/mol. The molecule has 0 aliphatic rings. The van der Waals surface area contributed by atoms with Gasteiger partial charge in [0.15, 0.2) is 0 Å². The highest BCUT2D eigenvalue weighted by molar-refractivity contribution is 4.66. The van der Waals surface area contributed by atoms with Crippen LogP contribution in [0.25, 0.3) is 0 Å². The zero-order chi connectivity index (χ0) is 7.49. The van der Waals surface area contributed by atoms with Gasteiger partial charge in [0.1, 0.15) is 0 Å². The normalized spacial score (nSPS) is 12.7. The summed E-state index contributed by atoms with van der Waals surface area (Å²) in [5, 5.41) is 2.08. The first-order chi connectivity index (χ1) is 3.95. The first-order valence-corrected chi connectivity index (χ1v) is 3.44. The van der Waals surface area contributed by atoms with Crippen molar-refractivity contribution in [2.45, 2.75) is 33.2 Å². The summed E-state index contributed by atoms with van der Waals surface area (Å²) in [6.45, 7) is 9.62. The lowest BCUT2D eigenvalue weighted by Gasteiger charge is -2.27. The molecule has 9 heavy (non-hydrogen) atoms. The summed E-state index contributed by atoms with van der Waals surface area (Å²) in [5.41, 5.74) is 3.50. The standard InChI is InChI=1S/C7H18N2/c1-6-9(5)8-7(2,3)4/h8H,6H2,1-5H3. The van der Waals surface area contributed by atoms with Crippen LogP contribution in [0.2, 0.25) is 0 Å². The minimum absolute atomic E-state index is 0.199. The van der Waals surface area contributed by atoms with Gasteiger partial charge in [-0.25, -0.2) is 5.01 Å². The number of nitrogens with zero attached hydrogens (tertiary/aromatic N) is 1. The lowest BCUT2D eigenvalue weighted by Crippen LogP contribution is -2.46. The molecule has 0 aromatic carbocycles. The van der Waals surface area contributed by atoms with Gasteiger partial charge >= 0.3 is 0 Å². The van der Waals surface area contributed by atoms with Crippen molar-refractivity contribution in [3.05, 3.63) is 0 Å². The second-order valence-corrected chi connectivity index (χ2v) is 3.38. The number of hydrogen-bond donors (Lipinski definition) is 1. The van der Waals surface area contributed by atoms with E-state index < -0.39 is 0 Å². The maximum absolute atomic E-state index is 3.30. The van der Waals surface area contributed by atoms with Crippen molar-refractivity contribution in [3.63, 3.8) is 0 Å². The van der Waals surface area contributed by atoms with Crippen LogP contribution < -0.4 is 5.43 Å². The monoisotopic (exact) mass is 130 g/mol. The summed E-state index contributed by atoms with van der Waals surface area (Å²) < 4.78 is 0. The first-order valence-electron chi connectivity index (χ1n) is 3.44. The first kappa shape index (κ1) is 8.92. The Balaban J connectivity index is 3.47. The van der Waals surface area contributed by atoms with E-state index in [1.807, 2.05) is 7.05 Å². The van der Waals surface area contributed by atoms with E-state index in [1.54, 1.807) is 0 Å². The largest absolute Gasteiger partial charge is 0.250 e. The van der Waals surface area contributed by atoms with Crippen LogP contribution in [-0.4, -0.2) is 24.1 Å². The highest BCUT2D eigenvalue weighted by atomic mass is 15.5. The van der Waals surface area contributed by atoms with Crippen molar-refractivity contribution in [3.8, 4) is 0 Å². The zero-order valence-corrected chi connectivity index (χ0v) is 7.15. The number of rotatable bonds is 2. The van der Waals surface area contributed by atoms with Crippen molar-refractivity contribution in [1.29, 1.82) is 0 Å².